The second-order valence-corrected chi connectivity index (χ2v) is 6.07. The highest BCUT2D eigenvalue weighted by atomic mass is 35.5. The molecule has 1 N–H and O–H groups in total. The molecule has 0 aromatic carbocycles. The summed E-state index contributed by atoms with van der Waals surface area (Å²) in [5.41, 5.74) is 0.330. The standard InChI is InChI=1S/C14H20ClN3O2/c15-12-8-17-18(9-10-4-5-10)14(19)13(12)16-7-11-3-1-2-6-20-11/h8,10-11,16H,1-7,9H2. The van der Waals surface area contributed by atoms with Gasteiger partial charge >= 0.3 is 0 Å². The monoisotopic (exact) mass is 297 g/mol. The van der Waals surface area contributed by atoms with E-state index in [0.717, 1.165) is 19.4 Å². The highest BCUT2D eigenvalue weighted by Gasteiger charge is 2.24. The summed E-state index contributed by atoms with van der Waals surface area (Å²) in [6, 6.07) is 0. The second kappa shape index (κ2) is 6.14. The topological polar surface area (TPSA) is 56.1 Å². The summed E-state index contributed by atoms with van der Waals surface area (Å²) >= 11 is 6.09. The number of rotatable bonds is 5. The van der Waals surface area contributed by atoms with Crippen LogP contribution < -0.4 is 10.9 Å². The van der Waals surface area contributed by atoms with Crippen LogP contribution in [0.25, 0.3) is 0 Å². The Kier molecular flexibility index (Phi) is 4.27. The molecule has 3 rings (SSSR count). The van der Waals surface area contributed by atoms with Crippen LogP contribution in [-0.2, 0) is 11.3 Å². The number of hydrogen-bond acceptors (Lipinski definition) is 4. The molecule has 0 spiro atoms. The molecule has 1 aromatic rings. The van der Waals surface area contributed by atoms with Crippen molar-refractivity contribution in [1.82, 2.24) is 9.78 Å². The molecule has 0 bridgehead atoms. The van der Waals surface area contributed by atoms with Crippen LogP contribution in [0.3, 0.4) is 0 Å². The minimum absolute atomic E-state index is 0.125. The third kappa shape index (κ3) is 3.33. The quantitative estimate of drug-likeness (QED) is 0.906. The van der Waals surface area contributed by atoms with Crippen molar-refractivity contribution in [1.29, 1.82) is 0 Å². The van der Waals surface area contributed by atoms with Crippen molar-refractivity contribution in [3.8, 4) is 0 Å². The lowest BCUT2D eigenvalue weighted by Gasteiger charge is -2.23. The minimum Gasteiger partial charge on any atom is -0.377 e. The van der Waals surface area contributed by atoms with Gasteiger partial charge in [-0.15, -0.1) is 0 Å². The van der Waals surface area contributed by atoms with E-state index in [1.54, 1.807) is 6.20 Å². The first-order valence-corrected chi connectivity index (χ1v) is 7.73. The Hall–Kier alpha value is -1.07. The fraction of sp³-hybridized carbons (Fsp3) is 0.714. The number of halogens is 1. The molecule has 1 aliphatic heterocycles. The van der Waals surface area contributed by atoms with Crippen molar-refractivity contribution >= 4 is 17.3 Å². The predicted molar refractivity (Wildman–Crippen MR) is 78.3 cm³/mol. The Morgan fingerprint density at radius 3 is 2.95 bits per heavy atom. The molecule has 110 valence electrons. The Morgan fingerprint density at radius 2 is 2.25 bits per heavy atom. The first-order chi connectivity index (χ1) is 9.74. The highest BCUT2D eigenvalue weighted by Crippen LogP contribution is 2.30. The van der Waals surface area contributed by atoms with Crippen LogP contribution in [0.1, 0.15) is 32.1 Å². The van der Waals surface area contributed by atoms with Crippen LogP contribution in [0.5, 0.6) is 0 Å². The molecule has 0 amide bonds. The first-order valence-electron chi connectivity index (χ1n) is 7.35. The van der Waals surface area contributed by atoms with Crippen LogP contribution in [0.15, 0.2) is 11.0 Å². The predicted octanol–water partition coefficient (Wildman–Crippen LogP) is 2.29. The fourth-order valence-corrected chi connectivity index (χ4v) is 2.68. The zero-order chi connectivity index (χ0) is 13.9. The van der Waals surface area contributed by atoms with Crippen molar-refractivity contribution < 1.29 is 4.74 Å². The van der Waals surface area contributed by atoms with E-state index in [2.05, 4.69) is 10.4 Å². The lowest BCUT2D eigenvalue weighted by Crippen LogP contribution is -2.31. The first kappa shape index (κ1) is 13.9. The van der Waals surface area contributed by atoms with E-state index >= 15 is 0 Å². The summed E-state index contributed by atoms with van der Waals surface area (Å²) in [6.45, 7) is 2.13. The zero-order valence-corrected chi connectivity index (χ0v) is 12.2. The SMILES string of the molecule is O=c1c(NCC2CCCCO2)c(Cl)cnn1CC1CC1. The van der Waals surface area contributed by atoms with Gasteiger partial charge in [0.15, 0.2) is 0 Å². The van der Waals surface area contributed by atoms with Crippen LogP contribution in [0.2, 0.25) is 5.02 Å². The van der Waals surface area contributed by atoms with Crippen LogP contribution in [0.4, 0.5) is 5.69 Å². The molecule has 1 atom stereocenters. The summed E-state index contributed by atoms with van der Waals surface area (Å²) in [4.78, 5) is 12.3. The van der Waals surface area contributed by atoms with Crippen molar-refractivity contribution in [3.63, 3.8) is 0 Å². The summed E-state index contributed by atoms with van der Waals surface area (Å²) in [7, 11) is 0. The van der Waals surface area contributed by atoms with Gasteiger partial charge in [-0.3, -0.25) is 4.79 Å². The lowest BCUT2D eigenvalue weighted by molar-refractivity contribution is 0.0247. The van der Waals surface area contributed by atoms with Gasteiger partial charge in [0, 0.05) is 19.7 Å². The van der Waals surface area contributed by atoms with Gasteiger partial charge < -0.3 is 10.1 Å². The Morgan fingerprint density at radius 1 is 1.40 bits per heavy atom. The van der Waals surface area contributed by atoms with Gasteiger partial charge in [-0.25, -0.2) is 4.68 Å². The molecule has 5 nitrogen and oxygen atoms in total. The maximum absolute atomic E-state index is 12.3. The molecular weight excluding hydrogens is 278 g/mol. The molecule has 1 aliphatic carbocycles. The van der Waals surface area contributed by atoms with E-state index in [4.69, 9.17) is 16.3 Å². The summed E-state index contributed by atoms with van der Waals surface area (Å²) in [5, 5.41) is 7.66. The van der Waals surface area contributed by atoms with Gasteiger partial charge in [-0.05, 0) is 38.0 Å². The summed E-state index contributed by atoms with van der Waals surface area (Å²) in [5.74, 6) is 0.607. The molecule has 1 saturated carbocycles. The highest BCUT2D eigenvalue weighted by molar-refractivity contribution is 6.32. The van der Waals surface area contributed by atoms with E-state index in [1.165, 1.54) is 23.9 Å². The molecule has 6 heteroatoms. The number of anilines is 1. The molecule has 2 aliphatic rings. The molecule has 0 radical (unpaired) electrons. The number of nitrogens with one attached hydrogen (secondary N) is 1. The molecule has 2 fully saturated rings. The maximum atomic E-state index is 12.3. The number of aromatic nitrogens is 2. The zero-order valence-electron chi connectivity index (χ0n) is 11.5. The average molecular weight is 298 g/mol. The molecule has 1 aromatic heterocycles. The lowest BCUT2D eigenvalue weighted by atomic mass is 10.1. The normalized spacial score (nSPS) is 22.8. The Bertz CT molecular complexity index is 522. The summed E-state index contributed by atoms with van der Waals surface area (Å²) < 4.78 is 7.18. The molecule has 20 heavy (non-hydrogen) atoms. The van der Waals surface area contributed by atoms with Crippen LogP contribution >= 0.6 is 11.6 Å². The largest absolute Gasteiger partial charge is 0.377 e. The fourth-order valence-electron chi connectivity index (χ4n) is 2.49. The second-order valence-electron chi connectivity index (χ2n) is 5.67. The smallest absolute Gasteiger partial charge is 0.291 e. The average Bonchev–Trinajstić information content (AvgIpc) is 3.27. The number of hydrogen-bond donors (Lipinski definition) is 1. The van der Waals surface area contributed by atoms with E-state index in [-0.39, 0.29) is 11.7 Å². The third-order valence-corrected chi connectivity index (χ3v) is 4.19. The maximum Gasteiger partial charge on any atom is 0.291 e. The Balaban J connectivity index is 1.68. The molecule has 1 unspecified atom stereocenters. The van der Waals surface area contributed by atoms with Gasteiger partial charge in [-0.1, -0.05) is 11.6 Å². The van der Waals surface area contributed by atoms with E-state index < -0.39 is 0 Å². The number of ether oxygens (including phenoxy) is 1. The van der Waals surface area contributed by atoms with E-state index in [9.17, 15) is 4.79 Å². The molecule has 1 saturated heterocycles. The van der Waals surface area contributed by atoms with Crippen molar-refractivity contribution in [2.24, 2.45) is 5.92 Å². The molecular formula is C14H20ClN3O2. The van der Waals surface area contributed by atoms with E-state index in [0.29, 0.717) is 29.7 Å². The van der Waals surface area contributed by atoms with Gasteiger partial charge in [-0.2, -0.15) is 5.10 Å². The Labute approximate surface area is 123 Å². The van der Waals surface area contributed by atoms with Gasteiger partial charge in [0.05, 0.1) is 17.3 Å². The van der Waals surface area contributed by atoms with Gasteiger partial charge in [0.2, 0.25) is 0 Å². The third-order valence-electron chi connectivity index (χ3n) is 3.91. The number of nitrogens with zero attached hydrogens (tertiary/aromatic N) is 2. The molecule has 2 heterocycles. The van der Waals surface area contributed by atoms with Gasteiger partial charge in [0.1, 0.15) is 5.69 Å². The van der Waals surface area contributed by atoms with Gasteiger partial charge in [0.25, 0.3) is 5.56 Å². The van der Waals surface area contributed by atoms with E-state index in [1.807, 2.05) is 0 Å². The summed E-state index contributed by atoms with van der Waals surface area (Å²) in [6.07, 6.45) is 7.44. The van der Waals surface area contributed by atoms with Crippen LogP contribution in [0, 0.1) is 5.92 Å². The van der Waals surface area contributed by atoms with Crippen molar-refractivity contribution in [2.45, 2.75) is 44.8 Å². The van der Waals surface area contributed by atoms with Crippen LogP contribution in [-0.4, -0.2) is 29.0 Å². The van der Waals surface area contributed by atoms with Crippen molar-refractivity contribution in [3.05, 3.63) is 21.6 Å². The van der Waals surface area contributed by atoms with Crippen molar-refractivity contribution in [2.75, 3.05) is 18.5 Å². The minimum atomic E-state index is -0.125.